The highest BCUT2D eigenvalue weighted by Crippen LogP contribution is 2.42. The number of hydrogen-bond acceptors (Lipinski definition) is 6. The minimum Gasteiger partial charge on any atom is -0.507 e. The van der Waals surface area contributed by atoms with E-state index in [9.17, 15) is 14.7 Å². The molecule has 1 N–H and O–H groups in total. The summed E-state index contributed by atoms with van der Waals surface area (Å²) < 4.78 is 11.2. The van der Waals surface area contributed by atoms with Crippen LogP contribution in [0.3, 0.4) is 0 Å². The van der Waals surface area contributed by atoms with Gasteiger partial charge in [-0.3, -0.25) is 14.5 Å². The number of aliphatic hydroxyl groups is 1. The third-order valence-corrected chi connectivity index (χ3v) is 5.86. The van der Waals surface area contributed by atoms with E-state index in [1.165, 1.54) is 12.0 Å². The summed E-state index contributed by atoms with van der Waals surface area (Å²) in [6.45, 7) is 0. The molecule has 1 amide bonds. The van der Waals surface area contributed by atoms with Crippen LogP contribution >= 0.6 is 0 Å². The maximum absolute atomic E-state index is 13.3. The van der Waals surface area contributed by atoms with Crippen molar-refractivity contribution in [2.75, 3.05) is 12.0 Å². The SMILES string of the molecule is COc1ccc(C(O)=C2C(=O)C(=O)N(c3ccccn3)C2c2cccc(Oc3ccccc3)c2)cc1. The third-order valence-electron chi connectivity index (χ3n) is 5.86. The number of amides is 1. The second kappa shape index (κ2) is 9.76. The summed E-state index contributed by atoms with van der Waals surface area (Å²) in [6.07, 6.45) is 1.55. The van der Waals surface area contributed by atoms with Crippen LogP contribution < -0.4 is 14.4 Å². The van der Waals surface area contributed by atoms with E-state index in [1.807, 2.05) is 30.3 Å². The van der Waals surface area contributed by atoms with Crippen LogP contribution in [0.5, 0.6) is 17.2 Å². The molecular formula is C29H22N2O5. The van der Waals surface area contributed by atoms with Gasteiger partial charge in [-0.2, -0.15) is 0 Å². The van der Waals surface area contributed by atoms with E-state index in [0.29, 0.717) is 34.2 Å². The van der Waals surface area contributed by atoms with E-state index < -0.39 is 17.7 Å². The molecule has 1 saturated heterocycles. The van der Waals surface area contributed by atoms with Crippen LogP contribution in [0.15, 0.2) is 109 Å². The van der Waals surface area contributed by atoms with E-state index in [-0.39, 0.29) is 11.3 Å². The summed E-state index contributed by atoms with van der Waals surface area (Å²) in [5, 5.41) is 11.3. The molecule has 0 saturated carbocycles. The van der Waals surface area contributed by atoms with E-state index in [4.69, 9.17) is 9.47 Å². The Morgan fingerprint density at radius 2 is 1.56 bits per heavy atom. The lowest BCUT2D eigenvalue weighted by molar-refractivity contribution is -0.132. The van der Waals surface area contributed by atoms with Crippen molar-refractivity contribution in [3.63, 3.8) is 0 Å². The number of anilines is 1. The van der Waals surface area contributed by atoms with Gasteiger partial charge in [0.1, 0.15) is 28.8 Å². The Hall–Kier alpha value is -4.91. The van der Waals surface area contributed by atoms with Crippen molar-refractivity contribution in [2.24, 2.45) is 0 Å². The van der Waals surface area contributed by atoms with E-state index in [1.54, 1.807) is 72.9 Å². The molecule has 2 heterocycles. The van der Waals surface area contributed by atoms with Gasteiger partial charge in [0.2, 0.25) is 0 Å². The number of aromatic nitrogens is 1. The molecule has 0 spiro atoms. The first-order valence-electron chi connectivity index (χ1n) is 11.3. The highest BCUT2D eigenvalue weighted by atomic mass is 16.5. The Morgan fingerprint density at radius 1 is 0.833 bits per heavy atom. The molecule has 1 aliphatic rings. The second-order valence-corrected chi connectivity index (χ2v) is 8.07. The fourth-order valence-electron chi connectivity index (χ4n) is 4.16. The quantitative estimate of drug-likeness (QED) is 0.223. The fourth-order valence-corrected chi connectivity index (χ4v) is 4.16. The first-order valence-corrected chi connectivity index (χ1v) is 11.3. The summed E-state index contributed by atoms with van der Waals surface area (Å²) in [4.78, 5) is 32.2. The molecule has 0 aliphatic carbocycles. The second-order valence-electron chi connectivity index (χ2n) is 8.07. The number of hydrogen-bond donors (Lipinski definition) is 1. The molecule has 0 bridgehead atoms. The number of carbonyl (C=O) groups is 2. The zero-order valence-corrected chi connectivity index (χ0v) is 19.4. The van der Waals surface area contributed by atoms with Gasteiger partial charge in [-0.1, -0.05) is 36.4 Å². The topological polar surface area (TPSA) is 89.0 Å². The van der Waals surface area contributed by atoms with Crippen LogP contribution in [0.4, 0.5) is 5.82 Å². The first-order chi connectivity index (χ1) is 17.6. The van der Waals surface area contributed by atoms with E-state index >= 15 is 0 Å². The van der Waals surface area contributed by atoms with E-state index in [2.05, 4.69) is 4.98 Å². The van der Waals surface area contributed by atoms with Crippen molar-refractivity contribution in [1.29, 1.82) is 0 Å². The molecule has 7 heteroatoms. The van der Waals surface area contributed by atoms with Gasteiger partial charge in [-0.15, -0.1) is 0 Å². The molecule has 5 rings (SSSR count). The van der Waals surface area contributed by atoms with Crippen LogP contribution in [0.1, 0.15) is 17.2 Å². The largest absolute Gasteiger partial charge is 0.507 e. The van der Waals surface area contributed by atoms with Gasteiger partial charge in [0.15, 0.2) is 0 Å². The lowest BCUT2D eigenvalue weighted by Crippen LogP contribution is -2.30. The normalized spacial score (nSPS) is 16.7. The van der Waals surface area contributed by atoms with Crippen molar-refractivity contribution < 1.29 is 24.2 Å². The third kappa shape index (κ3) is 4.30. The molecule has 1 aliphatic heterocycles. The Labute approximate surface area is 207 Å². The summed E-state index contributed by atoms with van der Waals surface area (Å²) in [6, 6.07) is 27.2. The van der Waals surface area contributed by atoms with Gasteiger partial charge >= 0.3 is 5.91 Å². The Morgan fingerprint density at radius 3 is 2.25 bits per heavy atom. The van der Waals surface area contributed by atoms with Gasteiger partial charge in [-0.25, -0.2) is 4.98 Å². The minimum atomic E-state index is -0.915. The van der Waals surface area contributed by atoms with Crippen LogP contribution in [-0.4, -0.2) is 28.9 Å². The zero-order valence-electron chi connectivity index (χ0n) is 19.4. The van der Waals surface area contributed by atoms with E-state index in [0.717, 1.165) is 0 Å². The number of pyridine rings is 1. The number of nitrogens with zero attached hydrogens (tertiary/aromatic N) is 2. The van der Waals surface area contributed by atoms with Crippen molar-refractivity contribution in [3.05, 3.63) is 120 Å². The number of Topliss-reactive ketones (excluding diaryl/α,β-unsaturated/α-hetero) is 1. The highest BCUT2D eigenvalue weighted by molar-refractivity contribution is 6.51. The molecule has 36 heavy (non-hydrogen) atoms. The molecule has 3 aromatic carbocycles. The predicted octanol–water partition coefficient (Wildman–Crippen LogP) is 5.51. The van der Waals surface area contributed by atoms with Crippen LogP contribution in [-0.2, 0) is 9.59 Å². The van der Waals surface area contributed by atoms with Gasteiger partial charge in [0.05, 0.1) is 18.7 Å². The Balaban J connectivity index is 1.65. The molecule has 0 radical (unpaired) electrons. The summed E-state index contributed by atoms with van der Waals surface area (Å²) in [7, 11) is 1.54. The molecular weight excluding hydrogens is 456 g/mol. The average Bonchev–Trinajstić information content (AvgIpc) is 3.19. The molecule has 7 nitrogen and oxygen atoms in total. The maximum Gasteiger partial charge on any atom is 0.301 e. The number of aliphatic hydroxyl groups excluding tert-OH is 1. The molecule has 1 atom stereocenters. The fraction of sp³-hybridized carbons (Fsp3) is 0.0690. The van der Waals surface area contributed by atoms with Crippen LogP contribution in [0, 0.1) is 0 Å². The van der Waals surface area contributed by atoms with Gasteiger partial charge < -0.3 is 14.6 Å². The zero-order chi connectivity index (χ0) is 25.1. The average molecular weight is 479 g/mol. The molecule has 178 valence electrons. The minimum absolute atomic E-state index is 0.0346. The summed E-state index contributed by atoms with van der Waals surface area (Å²) >= 11 is 0. The number of carbonyl (C=O) groups excluding carboxylic acids is 2. The maximum atomic E-state index is 13.3. The highest BCUT2D eigenvalue weighted by Gasteiger charge is 2.47. The number of methoxy groups -OCH3 is 1. The Kier molecular flexibility index (Phi) is 6.19. The number of rotatable bonds is 6. The smallest absolute Gasteiger partial charge is 0.301 e. The van der Waals surface area contributed by atoms with Gasteiger partial charge in [-0.05, 0) is 66.2 Å². The number of benzene rings is 3. The standard InChI is InChI=1S/C29H22N2O5/c1-35-21-15-13-19(14-16-21)27(32)25-26(31(29(34)28(25)33)24-12-5-6-17-30-24)20-8-7-11-23(18-20)36-22-9-3-2-4-10-22/h2-18,26,32H,1H3. The summed E-state index contributed by atoms with van der Waals surface area (Å²) in [5.41, 5.74) is 0.938. The van der Waals surface area contributed by atoms with Crippen molar-refractivity contribution in [3.8, 4) is 17.2 Å². The summed E-state index contributed by atoms with van der Waals surface area (Å²) in [5.74, 6) is 0.210. The van der Waals surface area contributed by atoms with Gasteiger partial charge in [0.25, 0.3) is 5.78 Å². The van der Waals surface area contributed by atoms with Crippen molar-refractivity contribution in [1.82, 2.24) is 4.98 Å². The number of ketones is 1. The molecule has 1 fully saturated rings. The lowest BCUT2D eigenvalue weighted by Gasteiger charge is -2.24. The molecule has 1 unspecified atom stereocenters. The van der Waals surface area contributed by atoms with Crippen molar-refractivity contribution in [2.45, 2.75) is 6.04 Å². The number of ether oxygens (including phenoxy) is 2. The number of para-hydroxylation sites is 1. The first kappa shape index (κ1) is 22.9. The predicted molar refractivity (Wildman–Crippen MR) is 135 cm³/mol. The molecule has 1 aromatic heterocycles. The van der Waals surface area contributed by atoms with Gasteiger partial charge in [0, 0.05) is 11.8 Å². The Bertz CT molecular complexity index is 1430. The van der Waals surface area contributed by atoms with Crippen LogP contribution in [0.2, 0.25) is 0 Å². The van der Waals surface area contributed by atoms with Crippen LogP contribution in [0.25, 0.3) is 5.76 Å². The lowest BCUT2D eigenvalue weighted by atomic mass is 9.95. The monoisotopic (exact) mass is 478 g/mol. The van der Waals surface area contributed by atoms with Crippen molar-refractivity contribution >= 4 is 23.3 Å². The molecule has 4 aromatic rings.